The predicted molar refractivity (Wildman–Crippen MR) is 79.7 cm³/mol. The van der Waals surface area contributed by atoms with Gasteiger partial charge in [-0.05, 0) is 50.5 Å². The number of hydrogen-bond acceptors (Lipinski definition) is 3. The number of piperidine rings is 1. The van der Waals surface area contributed by atoms with Gasteiger partial charge in [0.15, 0.2) is 0 Å². The van der Waals surface area contributed by atoms with Crippen molar-refractivity contribution in [3.63, 3.8) is 0 Å². The van der Waals surface area contributed by atoms with Crippen LogP contribution in [0.25, 0.3) is 0 Å². The number of hydrogen-bond donors (Lipinski definition) is 1. The van der Waals surface area contributed by atoms with Crippen LogP contribution in [0.2, 0.25) is 0 Å². The van der Waals surface area contributed by atoms with E-state index < -0.39 is 0 Å². The molecule has 1 atom stereocenters. The Morgan fingerprint density at radius 3 is 2.63 bits per heavy atom. The maximum Gasteiger partial charge on any atom is 0.122 e. The number of nitrogens with two attached hydrogens (primary N) is 1. The first-order chi connectivity index (χ1) is 9.35. The quantitative estimate of drug-likeness (QED) is 0.856. The summed E-state index contributed by atoms with van der Waals surface area (Å²) in [5, 5.41) is 0. The van der Waals surface area contributed by atoms with Crippen molar-refractivity contribution in [2.45, 2.75) is 31.6 Å². The van der Waals surface area contributed by atoms with E-state index >= 15 is 0 Å². The van der Waals surface area contributed by atoms with E-state index in [1.54, 1.807) is 7.11 Å². The molecule has 0 amide bonds. The first-order valence-corrected chi connectivity index (χ1v) is 7.40. The lowest BCUT2D eigenvalue weighted by atomic mass is 9.93. The molecule has 0 bridgehead atoms. The highest BCUT2D eigenvalue weighted by Crippen LogP contribution is 2.30. The highest BCUT2D eigenvalue weighted by molar-refractivity contribution is 5.36. The van der Waals surface area contributed by atoms with Crippen LogP contribution in [0.3, 0.4) is 0 Å². The number of benzene rings is 1. The van der Waals surface area contributed by atoms with E-state index in [2.05, 4.69) is 23.1 Å². The van der Waals surface area contributed by atoms with Crippen LogP contribution < -0.4 is 10.5 Å². The highest BCUT2D eigenvalue weighted by atomic mass is 16.5. The molecule has 1 aliphatic rings. The second kappa shape index (κ2) is 7.51. The summed E-state index contributed by atoms with van der Waals surface area (Å²) >= 11 is 0. The lowest BCUT2D eigenvalue weighted by Crippen LogP contribution is -2.34. The third kappa shape index (κ3) is 3.95. The van der Waals surface area contributed by atoms with Gasteiger partial charge in [0.05, 0.1) is 7.11 Å². The zero-order chi connectivity index (χ0) is 13.5. The maximum atomic E-state index is 5.80. The Kier molecular flexibility index (Phi) is 5.67. The molecule has 1 aliphatic heterocycles. The summed E-state index contributed by atoms with van der Waals surface area (Å²) in [6, 6.07) is 8.36. The summed E-state index contributed by atoms with van der Waals surface area (Å²) in [4.78, 5) is 2.58. The molecule has 2 N–H and O–H groups in total. The SMILES string of the molecule is COc1ccccc1C(CCN)CN1CCCCC1. The molecule has 0 saturated carbocycles. The van der Waals surface area contributed by atoms with Crippen molar-refractivity contribution < 1.29 is 4.74 Å². The fourth-order valence-electron chi connectivity index (χ4n) is 3.00. The molecule has 2 rings (SSSR count). The minimum absolute atomic E-state index is 0.485. The third-order valence-corrected chi connectivity index (χ3v) is 4.02. The van der Waals surface area contributed by atoms with Crippen LogP contribution >= 0.6 is 0 Å². The van der Waals surface area contributed by atoms with Gasteiger partial charge in [-0.2, -0.15) is 0 Å². The zero-order valence-electron chi connectivity index (χ0n) is 12.0. The Bertz CT molecular complexity index is 375. The van der Waals surface area contributed by atoms with Gasteiger partial charge in [0.2, 0.25) is 0 Å². The second-order valence-corrected chi connectivity index (χ2v) is 5.38. The van der Waals surface area contributed by atoms with Crippen molar-refractivity contribution in [2.75, 3.05) is 33.3 Å². The first-order valence-electron chi connectivity index (χ1n) is 7.40. The number of para-hydroxylation sites is 1. The van der Waals surface area contributed by atoms with Crippen LogP contribution in [0.5, 0.6) is 5.75 Å². The van der Waals surface area contributed by atoms with Crippen molar-refractivity contribution >= 4 is 0 Å². The van der Waals surface area contributed by atoms with Crippen molar-refractivity contribution in [1.82, 2.24) is 4.90 Å². The Balaban J connectivity index is 2.09. The standard InChI is InChI=1S/C16H26N2O/c1-19-16-8-4-3-7-15(16)14(9-10-17)13-18-11-5-2-6-12-18/h3-4,7-8,14H,2,5-6,9-13,17H2,1H3. The van der Waals surface area contributed by atoms with E-state index in [4.69, 9.17) is 10.5 Å². The molecule has 1 aromatic rings. The fraction of sp³-hybridized carbons (Fsp3) is 0.625. The summed E-state index contributed by atoms with van der Waals surface area (Å²) in [5.74, 6) is 1.48. The molecule has 19 heavy (non-hydrogen) atoms. The van der Waals surface area contributed by atoms with Crippen molar-refractivity contribution in [3.8, 4) is 5.75 Å². The predicted octanol–water partition coefficient (Wildman–Crippen LogP) is 2.61. The molecule has 0 aliphatic carbocycles. The minimum atomic E-state index is 0.485. The van der Waals surface area contributed by atoms with E-state index in [0.717, 1.165) is 25.3 Å². The molecule has 1 unspecified atom stereocenters. The molecular weight excluding hydrogens is 236 g/mol. The fourth-order valence-corrected chi connectivity index (χ4v) is 3.00. The van der Waals surface area contributed by atoms with E-state index in [0.29, 0.717) is 5.92 Å². The number of ether oxygens (including phenoxy) is 1. The van der Waals surface area contributed by atoms with Gasteiger partial charge in [-0.3, -0.25) is 0 Å². The average Bonchev–Trinajstić information content (AvgIpc) is 2.48. The summed E-state index contributed by atoms with van der Waals surface area (Å²) in [6.45, 7) is 4.31. The minimum Gasteiger partial charge on any atom is -0.496 e. The number of nitrogens with zero attached hydrogens (tertiary/aromatic N) is 1. The summed E-state index contributed by atoms with van der Waals surface area (Å²) in [5.41, 5.74) is 7.11. The highest BCUT2D eigenvalue weighted by Gasteiger charge is 2.20. The summed E-state index contributed by atoms with van der Waals surface area (Å²) in [7, 11) is 1.75. The molecule has 3 heteroatoms. The van der Waals surface area contributed by atoms with Crippen molar-refractivity contribution in [3.05, 3.63) is 29.8 Å². The van der Waals surface area contributed by atoms with Crippen LogP contribution in [0.1, 0.15) is 37.2 Å². The molecule has 0 radical (unpaired) electrons. The Hall–Kier alpha value is -1.06. The second-order valence-electron chi connectivity index (χ2n) is 5.38. The van der Waals surface area contributed by atoms with Gasteiger partial charge in [0, 0.05) is 12.5 Å². The van der Waals surface area contributed by atoms with Crippen LogP contribution in [-0.2, 0) is 0 Å². The lowest BCUT2D eigenvalue weighted by molar-refractivity contribution is 0.212. The van der Waals surface area contributed by atoms with Crippen molar-refractivity contribution in [1.29, 1.82) is 0 Å². The Labute approximate surface area is 116 Å². The number of rotatable bonds is 6. The maximum absolute atomic E-state index is 5.80. The van der Waals surface area contributed by atoms with Crippen molar-refractivity contribution in [2.24, 2.45) is 5.73 Å². The largest absolute Gasteiger partial charge is 0.496 e. The summed E-state index contributed by atoms with van der Waals surface area (Å²) in [6.07, 6.45) is 5.08. The molecule has 1 fully saturated rings. The Morgan fingerprint density at radius 1 is 1.21 bits per heavy atom. The van der Waals surface area contributed by atoms with Gasteiger partial charge in [0.1, 0.15) is 5.75 Å². The van der Waals surface area contributed by atoms with E-state index in [9.17, 15) is 0 Å². The molecule has 1 saturated heterocycles. The van der Waals surface area contributed by atoms with E-state index in [1.807, 2.05) is 6.07 Å². The van der Waals surface area contributed by atoms with E-state index in [1.165, 1.54) is 37.9 Å². The lowest BCUT2D eigenvalue weighted by Gasteiger charge is -2.31. The molecule has 0 aromatic heterocycles. The van der Waals surface area contributed by atoms with Gasteiger partial charge in [-0.15, -0.1) is 0 Å². The Morgan fingerprint density at radius 2 is 1.95 bits per heavy atom. The summed E-state index contributed by atoms with van der Waals surface area (Å²) < 4.78 is 5.50. The monoisotopic (exact) mass is 262 g/mol. The van der Waals surface area contributed by atoms with Crippen LogP contribution in [-0.4, -0.2) is 38.2 Å². The van der Waals surface area contributed by atoms with Crippen LogP contribution in [0.15, 0.2) is 24.3 Å². The molecule has 106 valence electrons. The smallest absolute Gasteiger partial charge is 0.122 e. The van der Waals surface area contributed by atoms with Gasteiger partial charge in [0.25, 0.3) is 0 Å². The number of likely N-dealkylation sites (tertiary alicyclic amines) is 1. The van der Waals surface area contributed by atoms with Crippen LogP contribution in [0, 0.1) is 0 Å². The van der Waals surface area contributed by atoms with E-state index in [-0.39, 0.29) is 0 Å². The van der Waals surface area contributed by atoms with Gasteiger partial charge < -0.3 is 15.4 Å². The average molecular weight is 262 g/mol. The molecular formula is C16H26N2O. The third-order valence-electron chi connectivity index (χ3n) is 4.02. The van der Waals surface area contributed by atoms with Gasteiger partial charge >= 0.3 is 0 Å². The zero-order valence-corrected chi connectivity index (χ0v) is 12.0. The topological polar surface area (TPSA) is 38.5 Å². The van der Waals surface area contributed by atoms with Crippen LogP contribution in [0.4, 0.5) is 0 Å². The molecule has 1 heterocycles. The molecule has 1 aromatic carbocycles. The van der Waals surface area contributed by atoms with Gasteiger partial charge in [-0.1, -0.05) is 24.6 Å². The normalized spacial score (nSPS) is 18.2. The first kappa shape index (κ1) is 14.4. The number of methoxy groups -OCH3 is 1. The van der Waals surface area contributed by atoms with Gasteiger partial charge in [-0.25, -0.2) is 0 Å². The molecule has 3 nitrogen and oxygen atoms in total. The molecule has 0 spiro atoms.